The average molecular weight is 289 g/mol. The van der Waals surface area contributed by atoms with E-state index in [1.54, 1.807) is 0 Å². The molecule has 0 aliphatic carbocycles. The van der Waals surface area contributed by atoms with E-state index < -0.39 is 11.7 Å². The van der Waals surface area contributed by atoms with Gasteiger partial charge < -0.3 is 10.00 Å². The first kappa shape index (κ1) is 18.6. The molecule has 0 aromatic heterocycles. The minimum atomic E-state index is -3.69. The van der Waals surface area contributed by atoms with Crippen LogP contribution in [0, 0.1) is 0 Å². The van der Waals surface area contributed by atoms with E-state index in [1.807, 2.05) is 20.8 Å². The van der Waals surface area contributed by atoms with Crippen molar-refractivity contribution in [2.45, 2.75) is 39.2 Å². The zero-order chi connectivity index (χ0) is 13.6. The molecule has 0 radical (unpaired) electrons. The fraction of sp³-hybridized carbons (Fsp3) is 0.600. The maximum atomic E-state index is 9.73. The molecule has 0 aromatic rings. The van der Waals surface area contributed by atoms with Gasteiger partial charge in [0.15, 0.2) is 0 Å². The first-order chi connectivity index (χ1) is 6.83. The molecule has 0 aromatic carbocycles. The molecule has 0 saturated carbocycles. The zero-order valence-corrected chi connectivity index (χ0v) is 12.2. The highest BCUT2D eigenvalue weighted by Gasteiger charge is 2.19. The highest BCUT2D eigenvalue weighted by Crippen LogP contribution is 2.51. The number of rotatable bonds is 4. The molecule has 0 fully saturated rings. The predicted molar refractivity (Wildman–Crippen MR) is 71.0 cm³/mol. The number of hydrogen-bond acceptors (Lipinski definition) is 2. The van der Waals surface area contributed by atoms with Gasteiger partial charge in [-0.05, 0) is 56.1 Å². The Morgan fingerprint density at radius 3 is 1.56 bits per heavy atom. The molecule has 0 aliphatic rings. The summed E-state index contributed by atoms with van der Waals surface area (Å²) in [5.74, 6) is 0. The van der Waals surface area contributed by atoms with Crippen LogP contribution in [0.2, 0.25) is 0 Å². The van der Waals surface area contributed by atoms with Gasteiger partial charge in [0, 0.05) is 0 Å². The molecular weight excluding hydrogens is 270 g/mol. The van der Waals surface area contributed by atoms with Gasteiger partial charge in [-0.2, -0.15) is 0 Å². The molecule has 0 heterocycles. The minimum absolute atomic E-state index is 0.653. The molecule has 0 saturated heterocycles. The minimum Gasteiger partial charge on any atom is -0.390 e. The van der Waals surface area contributed by atoms with E-state index in [2.05, 4.69) is 35.6 Å². The standard InChI is InChI=1S/C10H18O.Cl2HO2P/c1-8(2)6-10(5,11)7-9(3)4;1-5(2,3)4/h11H,1,3,6-7H2,2,4-5H3;(H,3,4). The summed E-state index contributed by atoms with van der Waals surface area (Å²) in [7, 11) is 0. The van der Waals surface area contributed by atoms with Crippen LogP contribution in [0.25, 0.3) is 0 Å². The van der Waals surface area contributed by atoms with E-state index in [9.17, 15) is 9.67 Å². The molecule has 0 atom stereocenters. The molecular formula is C10H19Cl2O3P. The van der Waals surface area contributed by atoms with Crippen molar-refractivity contribution in [2.75, 3.05) is 0 Å². The van der Waals surface area contributed by atoms with E-state index in [0.29, 0.717) is 12.8 Å². The normalized spacial score (nSPS) is 11.4. The summed E-state index contributed by atoms with van der Waals surface area (Å²) < 4.78 is 9.30. The lowest BCUT2D eigenvalue weighted by molar-refractivity contribution is 0.0611. The van der Waals surface area contributed by atoms with Gasteiger partial charge in [0.05, 0.1) is 5.60 Å². The van der Waals surface area contributed by atoms with Crippen LogP contribution in [0.1, 0.15) is 33.6 Å². The van der Waals surface area contributed by atoms with E-state index in [1.165, 1.54) is 0 Å². The monoisotopic (exact) mass is 288 g/mol. The summed E-state index contributed by atoms with van der Waals surface area (Å²) in [5, 5.41) is 9.73. The van der Waals surface area contributed by atoms with Crippen molar-refractivity contribution in [3.05, 3.63) is 24.3 Å². The van der Waals surface area contributed by atoms with Crippen molar-refractivity contribution in [3.63, 3.8) is 0 Å². The molecule has 3 nitrogen and oxygen atoms in total. The molecule has 0 aliphatic heterocycles. The van der Waals surface area contributed by atoms with Gasteiger partial charge in [0.2, 0.25) is 0 Å². The third kappa shape index (κ3) is 23.8. The summed E-state index contributed by atoms with van der Waals surface area (Å²) in [5.41, 5.74) is 1.37. The lowest BCUT2D eigenvalue weighted by atomic mass is 9.92. The second-order valence-corrected chi connectivity index (χ2v) is 8.34. The molecule has 0 rings (SSSR count). The van der Waals surface area contributed by atoms with E-state index in [4.69, 9.17) is 4.89 Å². The average Bonchev–Trinajstić information content (AvgIpc) is 1.72. The Morgan fingerprint density at radius 2 is 1.44 bits per heavy atom. The third-order valence-electron chi connectivity index (χ3n) is 1.37. The van der Waals surface area contributed by atoms with E-state index in [0.717, 1.165) is 11.1 Å². The zero-order valence-electron chi connectivity index (χ0n) is 9.83. The van der Waals surface area contributed by atoms with Crippen LogP contribution in [0.15, 0.2) is 24.3 Å². The highest BCUT2D eigenvalue weighted by atomic mass is 35.9. The van der Waals surface area contributed by atoms with Crippen LogP contribution in [0.3, 0.4) is 0 Å². The molecule has 16 heavy (non-hydrogen) atoms. The summed E-state index contributed by atoms with van der Waals surface area (Å²) >= 11 is 8.81. The fourth-order valence-electron chi connectivity index (χ4n) is 1.36. The second kappa shape index (κ2) is 7.52. The van der Waals surface area contributed by atoms with Crippen molar-refractivity contribution in [3.8, 4) is 0 Å². The fourth-order valence-corrected chi connectivity index (χ4v) is 1.36. The summed E-state index contributed by atoms with van der Waals surface area (Å²) in [6.45, 7) is 13.2. The van der Waals surface area contributed by atoms with Crippen molar-refractivity contribution in [1.29, 1.82) is 0 Å². The largest absolute Gasteiger partial charge is 0.390 e. The van der Waals surface area contributed by atoms with Crippen molar-refractivity contribution >= 4 is 28.6 Å². The van der Waals surface area contributed by atoms with Crippen LogP contribution in [0.5, 0.6) is 0 Å². The first-order valence-corrected chi connectivity index (χ1v) is 8.04. The summed E-state index contributed by atoms with van der Waals surface area (Å²) in [4.78, 5) is 7.61. The number of halogens is 2. The smallest absolute Gasteiger partial charge is 0.377 e. The van der Waals surface area contributed by atoms with E-state index in [-0.39, 0.29) is 0 Å². The highest BCUT2D eigenvalue weighted by molar-refractivity contribution is 8.04. The molecule has 0 spiro atoms. The maximum Gasteiger partial charge on any atom is 0.377 e. The van der Waals surface area contributed by atoms with Gasteiger partial charge in [-0.15, -0.1) is 13.2 Å². The molecule has 6 heteroatoms. The Balaban J connectivity index is 0. The van der Waals surface area contributed by atoms with Crippen LogP contribution in [-0.4, -0.2) is 15.6 Å². The van der Waals surface area contributed by atoms with Gasteiger partial charge in [0.25, 0.3) is 0 Å². The Bertz CT molecular complexity index is 268. The lowest BCUT2D eigenvalue weighted by Crippen LogP contribution is -2.24. The number of aliphatic hydroxyl groups is 1. The van der Waals surface area contributed by atoms with Crippen LogP contribution in [0.4, 0.5) is 0 Å². The molecule has 96 valence electrons. The Hall–Kier alpha value is 0.210. The van der Waals surface area contributed by atoms with Gasteiger partial charge in [-0.3, -0.25) is 4.57 Å². The van der Waals surface area contributed by atoms with Crippen molar-refractivity contribution in [2.24, 2.45) is 0 Å². The molecule has 0 unspecified atom stereocenters. The van der Waals surface area contributed by atoms with Gasteiger partial charge in [-0.25, -0.2) is 0 Å². The number of hydrogen-bond donors (Lipinski definition) is 2. The Morgan fingerprint density at radius 1 is 1.25 bits per heavy atom. The quantitative estimate of drug-likeness (QED) is 0.601. The lowest BCUT2D eigenvalue weighted by Gasteiger charge is -2.23. The molecule has 0 bridgehead atoms. The van der Waals surface area contributed by atoms with Crippen molar-refractivity contribution in [1.82, 2.24) is 0 Å². The second-order valence-electron chi connectivity index (χ2n) is 4.20. The van der Waals surface area contributed by atoms with Crippen LogP contribution >= 0.6 is 28.6 Å². The SMILES string of the molecule is C=C(C)CC(C)(O)CC(=C)C.O=P(O)(Cl)Cl. The topological polar surface area (TPSA) is 57.5 Å². The predicted octanol–water partition coefficient (Wildman–Crippen LogP) is 4.23. The maximum absolute atomic E-state index is 9.73. The Labute approximate surface area is 107 Å². The van der Waals surface area contributed by atoms with Crippen molar-refractivity contribution < 1.29 is 14.6 Å². The first-order valence-electron chi connectivity index (χ1n) is 4.57. The summed E-state index contributed by atoms with van der Waals surface area (Å²) in [6.07, 6.45) is -2.39. The van der Waals surface area contributed by atoms with Gasteiger partial charge in [0.1, 0.15) is 0 Å². The molecule has 2 N–H and O–H groups in total. The third-order valence-corrected chi connectivity index (χ3v) is 1.37. The van der Waals surface area contributed by atoms with E-state index >= 15 is 0 Å². The van der Waals surface area contributed by atoms with Crippen LogP contribution in [-0.2, 0) is 4.57 Å². The molecule has 0 amide bonds. The van der Waals surface area contributed by atoms with Gasteiger partial charge >= 0.3 is 6.07 Å². The summed E-state index contributed by atoms with van der Waals surface area (Å²) in [6, 6.07) is 0. The van der Waals surface area contributed by atoms with Crippen LogP contribution < -0.4 is 0 Å². The Kier molecular flexibility index (Phi) is 8.73. The van der Waals surface area contributed by atoms with Gasteiger partial charge in [-0.1, -0.05) is 11.1 Å².